The van der Waals surface area contributed by atoms with Gasteiger partial charge in [-0.2, -0.15) is 0 Å². The van der Waals surface area contributed by atoms with Gasteiger partial charge in [-0.3, -0.25) is 9.80 Å². The van der Waals surface area contributed by atoms with Crippen LogP contribution in [-0.2, 0) is 9.59 Å². The third-order valence-electron chi connectivity index (χ3n) is 4.01. The molecule has 3 atom stereocenters. The van der Waals surface area contributed by atoms with E-state index in [1.54, 1.807) is 5.01 Å². The van der Waals surface area contributed by atoms with Gasteiger partial charge in [-0.05, 0) is 12.5 Å². The molecule has 0 aliphatic carbocycles. The number of hydrogen-bond acceptors (Lipinski definition) is 3. The lowest BCUT2D eigenvalue weighted by Crippen LogP contribution is -2.37. The van der Waals surface area contributed by atoms with Gasteiger partial charge in [0.05, 0.1) is 18.0 Å². The average molecular weight is 244 g/mol. The molecule has 18 heavy (non-hydrogen) atoms. The van der Waals surface area contributed by atoms with Crippen LogP contribution in [0.1, 0.15) is 24.9 Å². The lowest BCUT2D eigenvalue weighted by molar-refractivity contribution is -0.138. The molecule has 0 aromatic heterocycles. The average Bonchev–Trinajstić information content (AvgIpc) is 2.90. The predicted octanol–water partition coefficient (Wildman–Crippen LogP) is 1.39. The highest BCUT2D eigenvalue weighted by Crippen LogP contribution is 2.42. The maximum Gasteiger partial charge on any atom is 0.238 e. The minimum Gasteiger partial charge on any atom is -0.303 e. The molecule has 3 rings (SSSR count). The fraction of sp³-hybridized carbons (Fsp3) is 0.429. The lowest BCUT2D eigenvalue weighted by Gasteiger charge is -2.26. The molecule has 1 aromatic carbocycles. The first-order chi connectivity index (χ1) is 8.74. The van der Waals surface area contributed by atoms with Crippen molar-refractivity contribution in [2.75, 3.05) is 6.54 Å². The molecular weight excluding hydrogens is 228 g/mol. The Morgan fingerprint density at radius 1 is 1.28 bits per heavy atom. The van der Waals surface area contributed by atoms with Gasteiger partial charge in [0.1, 0.15) is 6.29 Å². The Bertz CT molecular complexity index is 474. The van der Waals surface area contributed by atoms with Crippen LogP contribution in [0, 0.1) is 5.92 Å². The molecule has 4 nitrogen and oxygen atoms in total. The van der Waals surface area contributed by atoms with E-state index in [0.717, 1.165) is 11.8 Å². The molecule has 0 radical (unpaired) electrons. The standard InChI is InChI=1S/C14H16N2O2/c1-10-12(9-17)14(11-5-3-2-4-6-11)15-8-7-13(18)16(10)15/h2-6,9-10,12,14H,7-8H2,1H3/t10-,12-,14-/m1/s1. The maximum atomic E-state index is 11.9. The molecule has 2 heterocycles. The summed E-state index contributed by atoms with van der Waals surface area (Å²) in [5.41, 5.74) is 1.11. The van der Waals surface area contributed by atoms with Gasteiger partial charge in [-0.15, -0.1) is 0 Å². The van der Waals surface area contributed by atoms with Crippen LogP contribution in [-0.4, -0.2) is 34.8 Å². The van der Waals surface area contributed by atoms with Crippen molar-refractivity contribution in [1.82, 2.24) is 10.0 Å². The summed E-state index contributed by atoms with van der Waals surface area (Å²) in [4.78, 5) is 23.2. The van der Waals surface area contributed by atoms with E-state index >= 15 is 0 Å². The van der Waals surface area contributed by atoms with E-state index in [2.05, 4.69) is 5.01 Å². The molecular formula is C14H16N2O2. The largest absolute Gasteiger partial charge is 0.303 e. The van der Waals surface area contributed by atoms with Crippen LogP contribution < -0.4 is 0 Å². The molecule has 2 aliphatic heterocycles. The smallest absolute Gasteiger partial charge is 0.238 e. The van der Waals surface area contributed by atoms with E-state index < -0.39 is 0 Å². The topological polar surface area (TPSA) is 40.6 Å². The molecule has 4 heteroatoms. The lowest BCUT2D eigenvalue weighted by atomic mass is 9.90. The highest BCUT2D eigenvalue weighted by Gasteiger charge is 2.50. The Kier molecular flexibility index (Phi) is 2.67. The van der Waals surface area contributed by atoms with Crippen LogP contribution >= 0.6 is 0 Å². The van der Waals surface area contributed by atoms with Crippen molar-refractivity contribution in [3.8, 4) is 0 Å². The van der Waals surface area contributed by atoms with Gasteiger partial charge in [0.2, 0.25) is 5.91 Å². The Labute approximate surface area is 106 Å². The summed E-state index contributed by atoms with van der Waals surface area (Å²) in [6, 6.07) is 9.93. The van der Waals surface area contributed by atoms with Crippen molar-refractivity contribution in [2.45, 2.75) is 25.4 Å². The second-order valence-electron chi connectivity index (χ2n) is 4.96. The Morgan fingerprint density at radius 3 is 2.67 bits per heavy atom. The number of hydrazine groups is 1. The number of fused-ring (bicyclic) bond motifs is 1. The number of aldehydes is 1. The van der Waals surface area contributed by atoms with Crippen LogP contribution in [0.4, 0.5) is 0 Å². The van der Waals surface area contributed by atoms with E-state index in [1.165, 1.54) is 0 Å². The molecule has 1 aromatic rings. The maximum absolute atomic E-state index is 11.9. The van der Waals surface area contributed by atoms with Crippen molar-refractivity contribution in [3.05, 3.63) is 35.9 Å². The minimum atomic E-state index is -0.142. The van der Waals surface area contributed by atoms with Crippen LogP contribution in [0.15, 0.2) is 30.3 Å². The third kappa shape index (κ3) is 1.49. The summed E-state index contributed by atoms with van der Waals surface area (Å²) in [6.07, 6.45) is 1.55. The molecule has 2 fully saturated rings. The highest BCUT2D eigenvalue weighted by atomic mass is 16.2. The quantitative estimate of drug-likeness (QED) is 0.738. The van der Waals surface area contributed by atoms with E-state index in [-0.39, 0.29) is 23.9 Å². The summed E-state index contributed by atoms with van der Waals surface area (Å²) in [6.45, 7) is 2.67. The second-order valence-corrected chi connectivity index (χ2v) is 4.96. The zero-order valence-corrected chi connectivity index (χ0v) is 10.3. The first kappa shape index (κ1) is 11.4. The minimum absolute atomic E-state index is 0.00477. The molecule has 0 unspecified atom stereocenters. The Balaban J connectivity index is 2.02. The number of amides is 1. The van der Waals surface area contributed by atoms with Gasteiger partial charge >= 0.3 is 0 Å². The predicted molar refractivity (Wildman–Crippen MR) is 66.4 cm³/mol. The third-order valence-corrected chi connectivity index (χ3v) is 4.01. The van der Waals surface area contributed by atoms with Crippen LogP contribution in [0.2, 0.25) is 0 Å². The van der Waals surface area contributed by atoms with Gasteiger partial charge in [-0.1, -0.05) is 30.3 Å². The normalized spacial score (nSPS) is 31.7. The Hall–Kier alpha value is -1.68. The summed E-state index contributed by atoms with van der Waals surface area (Å²) < 4.78 is 0. The van der Waals surface area contributed by atoms with Crippen LogP contribution in [0.25, 0.3) is 0 Å². The summed E-state index contributed by atoms with van der Waals surface area (Å²) >= 11 is 0. The molecule has 2 saturated heterocycles. The monoisotopic (exact) mass is 244 g/mol. The van der Waals surface area contributed by atoms with Gasteiger partial charge < -0.3 is 4.79 Å². The van der Waals surface area contributed by atoms with Crippen molar-refractivity contribution in [3.63, 3.8) is 0 Å². The van der Waals surface area contributed by atoms with Crippen LogP contribution in [0.5, 0.6) is 0 Å². The van der Waals surface area contributed by atoms with Gasteiger partial charge in [0.15, 0.2) is 0 Å². The van der Waals surface area contributed by atoms with Crippen molar-refractivity contribution in [1.29, 1.82) is 0 Å². The number of carbonyl (C=O) groups is 2. The van der Waals surface area contributed by atoms with E-state index in [4.69, 9.17) is 0 Å². The SMILES string of the molecule is C[C@@H]1[C@@H](C=O)[C@@H](c2ccccc2)N2CCC(=O)N12. The van der Waals surface area contributed by atoms with Gasteiger partial charge in [0.25, 0.3) is 0 Å². The van der Waals surface area contributed by atoms with Gasteiger partial charge in [0, 0.05) is 13.0 Å². The fourth-order valence-corrected chi connectivity index (χ4v) is 3.17. The molecule has 0 bridgehead atoms. The summed E-state index contributed by atoms with van der Waals surface area (Å²) in [5, 5.41) is 3.83. The molecule has 94 valence electrons. The van der Waals surface area contributed by atoms with Crippen molar-refractivity contribution < 1.29 is 9.59 Å². The first-order valence-electron chi connectivity index (χ1n) is 6.33. The van der Waals surface area contributed by atoms with E-state index in [0.29, 0.717) is 13.0 Å². The van der Waals surface area contributed by atoms with E-state index in [9.17, 15) is 9.59 Å². The molecule has 1 amide bonds. The van der Waals surface area contributed by atoms with E-state index in [1.807, 2.05) is 37.3 Å². The molecule has 0 saturated carbocycles. The van der Waals surface area contributed by atoms with Crippen molar-refractivity contribution in [2.24, 2.45) is 5.92 Å². The zero-order chi connectivity index (χ0) is 12.7. The fourth-order valence-electron chi connectivity index (χ4n) is 3.17. The number of carbonyl (C=O) groups excluding carboxylic acids is 2. The number of rotatable bonds is 2. The number of benzene rings is 1. The number of hydrogen-bond donors (Lipinski definition) is 0. The zero-order valence-electron chi connectivity index (χ0n) is 10.3. The van der Waals surface area contributed by atoms with Crippen LogP contribution in [0.3, 0.4) is 0 Å². The Morgan fingerprint density at radius 2 is 2.00 bits per heavy atom. The molecule has 0 N–H and O–H groups in total. The second kappa shape index (κ2) is 4.21. The van der Waals surface area contributed by atoms with Gasteiger partial charge in [-0.25, -0.2) is 5.01 Å². The number of nitrogens with zero attached hydrogens (tertiary/aromatic N) is 2. The summed E-state index contributed by atoms with van der Waals surface area (Å²) in [7, 11) is 0. The molecule has 0 spiro atoms. The molecule has 2 aliphatic rings. The van der Waals surface area contributed by atoms with Crippen molar-refractivity contribution >= 4 is 12.2 Å². The summed E-state index contributed by atoms with van der Waals surface area (Å²) in [5.74, 6) is -0.00979. The highest BCUT2D eigenvalue weighted by molar-refractivity contribution is 5.79. The first-order valence-corrected chi connectivity index (χ1v) is 6.33.